The number of aldehydes is 1. The zero-order valence-electron chi connectivity index (χ0n) is 16.7. The Balaban J connectivity index is 1.76. The van der Waals surface area contributed by atoms with Crippen LogP contribution in [-0.4, -0.2) is 36.0 Å². The molecule has 0 aliphatic carbocycles. The van der Waals surface area contributed by atoms with Crippen LogP contribution in [0, 0.1) is 5.92 Å². The Labute approximate surface area is 168 Å². The lowest BCUT2D eigenvalue weighted by Crippen LogP contribution is -2.31. The molecule has 0 spiro atoms. The maximum absolute atomic E-state index is 12.5. The summed E-state index contributed by atoms with van der Waals surface area (Å²) in [6, 6.07) is 1.71. The highest BCUT2D eigenvalue weighted by atomic mass is 16.6. The van der Waals surface area contributed by atoms with E-state index in [1.54, 1.807) is 12.1 Å². The molecule has 2 saturated heterocycles. The summed E-state index contributed by atoms with van der Waals surface area (Å²) in [5.74, 6) is 0.144. The maximum Gasteiger partial charge on any atom is 0.338 e. The van der Waals surface area contributed by atoms with Crippen molar-refractivity contribution in [2.45, 2.75) is 63.9 Å². The molecule has 0 saturated carbocycles. The lowest BCUT2D eigenvalue weighted by atomic mass is 9.89. The molecule has 4 bridgehead atoms. The van der Waals surface area contributed by atoms with Gasteiger partial charge in [-0.3, -0.25) is 9.59 Å². The summed E-state index contributed by atoms with van der Waals surface area (Å²) >= 11 is 0. The van der Waals surface area contributed by atoms with E-state index in [0.29, 0.717) is 41.9 Å². The van der Waals surface area contributed by atoms with E-state index in [2.05, 4.69) is 6.58 Å². The van der Waals surface area contributed by atoms with E-state index in [-0.39, 0.29) is 12.0 Å². The molecule has 7 nitrogen and oxygen atoms in total. The molecule has 0 radical (unpaired) electrons. The van der Waals surface area contributed by atoms with Crippen LogP contribution in [0.1, 0.15) is 61.6 Å². The van der Waals surface area contributed by atoms with Gasteiger partial charge in [-0.2, -0.15) is 0 Å². The number of ether oxygens (including phenoxy) is 3. The summed E-state index contributed by atoms with van der Waals surface area (Å²) < 4.78 is 22.9. The molecule has 154 valence electrons. The fourth-order valence-corrected chi connectivity index (χ4v) is 4.20. The Kier molecular flexibility index (Phi) is 4.73. The molecule has 0 aromatic carbocycles. The van der Waals surface area contributed by atoms with Crippen molar-refractivity contribution >= 4 is 18.2 Å². The second-order valence-electron chi connectivity index (χ2n) is 8.28. The predicted octanol–water partition coefficient (Wildman–Crippen LogP) is 3.23. The molecule has 7 heteroatoms. The molecule has 0 amide bonds. The van der Waals surface area contributed by atoms with Gasteiger partial charge in [0.25, 0.3) is 0 Å². The lowest BCUT2D eigenvalue weighted by Gasteiger charge is -2.20. The van der Waals surface area contributed by atoms with Crippen LogP contribution >= 0.6 is 0 Å². The van der Waals surface area contributed by atoms with Crippen molar-refractivity contribution in [2.24, 2.45) is 5.92 Å². The van der Waals surface area contributed by atoms with E-state index < -0.39 is 29.7 Å². The summed E-state index contributed by atoms with van der Waals surface area (Å²) in [7, 11) is 0. The third-order valence-corrected chi connectivity index (χ3v) is 5.92. The largest absolute Gasteiger partial charge is 0.462 e. The van der Waals surface area contributed by atoms with Gasteiger partial charge >= 0.3 is 11.9 Å². The van der Waals surface area contributed by atoms with Crippen LogP contribution in [-0.2, 0) is 30.2 Å². The first-order chi connectivity index (χ1) is 13.7. The Morgan fingerprint density at radius 2 is 2.14 bits per heavy atom. The van der Waals surface area contributed by atoms with Gasteiger partial charge < -0.3 is 18.6 Å². The number of epoxide rings is 1. The number of allylic oxidation sites excluding steroid dienone is 2. The third kappa shape index (κ3) is 3.55. The van der Waals surface area contributed by atoms with Gasteiger partial charge in [0.15, 0.2) is 12.4 Å². The lowest BCUT2D eigenvalue weighted by molar-refractivity contribution is -0.151. The van der Waals surface area contributed by atoms with E-state index in [1.165, 1.54) is 6.92 Å². The number of hydrogen-bond acceptors (Lipinski definition) is 7. The first kappa shape index (κ1) is 19.6. The summed E-state index contributed by atoms with van der Waals surface area (Å²) in [6.45, 7) is 9.13. The van der Waals surface area contributed by atoms with Gasteiger partial charge in [-0.05, 0) is 32.3 Å². The second-order valence-corrected chi connectivity index (χ2v) is 8.28. The van der Waals surface area contributed by atoms with Crippen molar-refractivity contribution in [2.75, 3.05) is 0 Å². The number of furan rings is 1. The zero-order chi connectivity index (χ0) is 20.9. The van der Waals surface area contributed by atoms with Crippen LogP contribution in [0.5, 0.6) is 0 Å². The first-order valence-corrected chi connectivity index (χ1v) is 9.71. The molecule has 2 fully saturated rings. The topological polar surface area (TPSA) is 95.3 Å². The van der Waals surface area contributed by atoms with E-state index >= 15 is 0 Å². The fraction of sp³-hybridized carbons (Fsp3) is 0.500. The molecular formula is C22H24O7. The smallest absolute Gasteiger partial charge is 0.338 e. The van der Waals surface area contributed by atoms with Crippen molar-refractivity contribution < 1.29 is 33.0 Å². The fourth-order valence-electron chi connectivity index (χ4n) is 4.20. The van der Waals surface area contributed by atoms with Gasteiger partial charge in [-0.25, -0.2) is 4.79 Å². The number of carbonyl (C=O) groups is 3. The van der Waals surface area contributed by atoms with Crippen molar-refractivity contribution in [1.82, 2.24) is 0 Å². The van der Waals surface area contributed by atoms with Gasteiger partial charge in [-0.1, -0.05) is 18.2 Å². The third-order valence-electron chi connectivity index (χ3n) is 5.92. The van der Waals surface area contributed by atoms with Gasteiger partial charge in [0.05, 0.1) is 11.1 Å². The summed E-state index contributed by atoms with van der Waals surface area (Å²) in [5.41, 5.74) is 1.09. The van der Waals surface area contributed by atoms with E-state index in [4.69, 9.17) is 18.6 Å². The minimum atomic E-state index is -0.773. The van der Waals surface area contributed by atoms with Crippen molar-refractivity contribution in [3.8, 4) is 0 Å². The van der Waals surface area contributed by atoms with Crippen LogP contribution in [0.15, 0.2) is 34.3 Å². The molecule has 3 aliphatic heterocycles. The molecule has 1 aromatic heterocycles. The predicted molar refractivity (Wildman–Crippen MR) is 101 cm³/mol. The zero-order valence-corrected chi connectivity index (χ0v) is 16.7. The molecule has 0 unspecified atom stereocenters. The Hall–Kier alpha value is -2.67. The molecular weight excluding hydrogens is 376 g/mol. The van der Waals surface area contributed by atoms with Crippen molar-refractivity contribution in [3.05, 3.63) is 47.0 Å². The van der Waals surface area contributed by atoms with Crippen LogP contribution in [0.25, 0.3) is 0 Å². The highest BCUT2D eigenvalue weighted by Gasteiger charge is 2.59. The monoisotopic (exact) mass is 400 g/mol. The molecule has 3 aliphatic rings. The normalized spacial score (nSPS) is 35.0. The quantitative estimate of drug-likeness (QED) is 0.333. The number of rotatable bonds is 3. The van der Waals surface area contributed by atoms with Gasteiger partial charge in [0.1, 0.15) is 29.3 Å². The summed E-state index contributed by atoms with van der Waals surface area (Å²) in [5, 5.41) is 0. The number of fused-ring (bicyclic) bond motifs is 6. The minimum absolute atomic E-state index is 0.0581. The van der Waals surface area contributed by atoms with Crippen molar-refractivity contribution in [1.29, 1.82) is 0 Å². The summed E-state index contributed by atoms with van der Waals surface area (Å²) in [6.07, 6.45) is 2.06. The number of esters is 2. The average Bonchev–Trinajstić information content (AvgIpc) is 3.00. The standard InChI is InChI=1S/C22H24O7/c1-11(2)13-5-6-15-19(26-12(3)24)18(28-21(15)25)9-22(4)20(29-22)17-8-14(10-23)16(7-13)27-17/h6,8,10,13,18-20H,1,5,7,9H2,2-4H3/b15-6-/t13-,18+,19-,20-,22-/m1/s1. The van der Waals surface area contributed by atoms with Crippen LogP contribution in [0.3, 0.4) is 0 Å². The minimum Gasteiger partial charge on any atom is -0.462 e. The van der Waals surface area contributed by atoms with E-state index in [1.807, 2.05) is 13.8 Å². The maximum atomic E-state index is 12.5. The number of carbonyl (C=O) groups excluding carboxylic acids is 3. The molecule has 5 atom stereocenters. The highest BCUT2D eigenvalue weighted by molar-refractivity contribution is 5.92. The SMILES string of the molecule is C=C(C)[C@@H]1C/C=C2\C(=O)O[C@@H](C[C@@]3(C)O[C@@H]3c3cc(C=O)c(o3)C1)[C@@H]2OC(C)=O. The molecule has 29 heavy (non-hydrogen) atoms. The molecule has 4 rings (SSSR count). The van der Waals surface area contributed by atoms with Crippen LogP contribution in [0.4, 0.5) is 0 Å². The Morgan fingerprint density at radius 1 is 1.38 bits per heavy atom. The van der Waals surface area contributed by atoms with E-state index in [9.17, 15) is 14.4 Å². The average molecular weight is 400 g/mol. The van der Waals surface area contributed by atoms with Gasteiger partial charge in [0.2, 0.25) is 0 Å². The van der Waals surface area contributed by atoms with Gasteiger partial charge in [0, 0.05) is 19.8 Å². The highest BCUT2D eigenvalue weighted by Crippen LogP contribution is 2.54. The van der Waals surface area contributed by atoms with Crippen molar-refractivity contribution in [3.63, 3.8) is 0 Å². The molecule has 1 aromatic rings. The Morgan fingerprint density at radius 3 is 2.79 bits per heavy atom. The van der Waals surface area contributed by atoms with Crippen LogP contribution in [0.2, 0.25) is 0 Å². The second kappa shape index (κ2) is 6.99. The first-order valence-electron chi connectivity index (χ1n) is 9.71. The van der Waals surface area contributed by atoms with E-state index in [0.717, 1.165) is 11.9 Å². The van der Waals surface area contributed by atoms with Crippen LogP contribution < -0.4 is 0 Å². The number of hydrogen-bond donors (Lipinski definition) is 0. The molecule has 0 N–H and O–H groups in total. The van der Waals surface area contributed by atoms with Gasteiger partial charge in [-0.15, -0.1) is 0 Å². The Bertz CT molecular complexity index is 924. The molecule has 4 heterocycles. The summed E-state index contributed by atoms with van der Waals surface area (Å²) in [4.78, 5) is 35.7.